The van der Waals surface area contributed by atoms with Crippen molar-refractivity contribution in [3.05, 3.63) is 61.3 Å². The lowest BCUT2D eigenvalue weighted by molar-refractivity contribution is -0.115. The van der Waals surface area contributed by atoms with Gasteiger partial charge >= 0.3 is 6.03 Å². The molecule has 1 fully saturated rings. The largest absolute Gasteiger partial charge is 0.490 e. The summed E-state index contributed by atoms with van der Waals surface area (Å²) in [5.74, 6) is 0.666. The van der Waals surface area contributed by atoms with E-state index < -0.39 is 11.9 Å². The van der Waals surface area contributed by atoms with Crippen LogP contribution >= 0.6 is 38.5 Å². The van der Waals surface area contributed by atoms with Gasteiger partial charge in [0.15, 0.2) is 11.5 Å². The fourth-order valence-corrected chi connectivity index (χ4v) is 3.39. The number of rotatable bonds is 6. The summed E-state index contributed by atoms with van der Waals surface area (Å²) in [5, 5.41) is 4.63. The van der Waals surface area contributed by atoms with Gasteiger partial charge < -0.3 is 14.8 Å². The van der Waals surface area contributed by atoms with Gasteiger partial charge in [0, 0.05) is 3.57 Å². The van der Waals surface area contributed by atoms with Gasteiger partial charge in [-0.25, -0.2) is 4.79 Å². The van der Waals surface area contributed by atoms with Gasteiger partial charge in [0.2, 0.25) is 0 Å². The molecule has 0 radical (unpaired) electrons. The zero-order chi connectivity index (χ0) is 19.4. The Balaban J connectivity index is 1.85. The number of urea groups is 1. The van der Waals surface area contributed by atoms with Crippen molar-refractivity contribution in [3.8, 4) is 11.5 Å². The van der Waals surface area contributed by atoms with E-state index in [2.05, 4.69) is 49.2 Å². The van der Waals surface area contributed by atoms with Crippen molar-refractivity contribution >= 4 is 56.5 Å². The zero-order valence-electron chi connectivity index (χ0n) is 14.3. The van der Waals surface area contributed by atoms with Gasteiger partial charge in [0.25, 0.3) is 5.91 Å². The molecule has 1 aliphatic rings. The Labute approximate surface area is 178 Å². The molecule has 0 atom stereocenters. The number of ether oxygens (including phenoxy) is 2. The number of amides is 3. The summed E-state index contributed by atoms with van der Waals surface area (Å²) in [6, 6.07) is 11.1. The first-order valence-corrected chi connectivity index (χ1v) is 10.0. The van der Waals surface area contributed by atoms with Gasteiger partial charge in [-0.15, -0.1) is 0 Å². The van der Waals surface area contributed by atoms with Crippen molar-refractivity contribution < 1.29 is 19.1 Å². The topological polar surface area (TPSA) is 76.7 Å². The van der Waals surface area contributed by atoms with Gasteiger partial charge in [0.05, 0.1) is 11.1 Å². The van der Waals surface area contributed by atoms with Gasteiger partial charge in [-0.05, 0) is 86.9 Å². The highest BCUT2D eigenvalue weighted by Crippen LogP contribution is 2.38. The molecule has 2 aromatic carbocycles. The van der Waals surface area contributed by atoms with Crippen LogP contribution < -0.4 is 20.1 Å². The zero-order valence-corrected chi connectivity index (χ0v) is 18.1. The first-order chi connectivity index (χ1) is 13.0. The number of carbonyl (C=O) groups excluding carboxylic acids is 2. The molecule has 2 N–H and O–H groups in total. The average Bonchev–Trinajstić information content (AvgIpc) is 2.93. The molecular formula is C19H16BrIN2O4. The van der Waals surface area contributed by atoms with E-state index in [0.717, 1.165) is 9.13 Å². The maximum Gasteiger partial charge on any atom is 0.326 e. The van der Waals surface area contributed by atoms with E-state index in [4.69, 9.17) is 9.47 Å². The first kappa shape index (κ1) is 19.7. The van der Waals surface area contributed by atoms with E-state index in [0.29, 0.717) is 34.7 Å². The van der Waals surface area contributed by atoms with E-state index in [1.165, 1.54) is 0 Å². The van der Waals surface area contributed by atoms with Crippen LogP contribution in [0.5, 0.6) is 11.5 Å². The van der Waals surface area contributed by atoms with Crippen molar-refractivity contribution in [1.82, 2.24) is 10.6 Å². The Morgan fingerprint density at radius 2 is 1.85 bits per heavy atom. The second kappa shape index (κ2) is 8.75. The summed E-state index contributed by atoms with van der Waals surface area (Å²) in [6.45, 7) is 2.74. The second-order valence-electron chi connectivity index (χ2n) is 5.64. The van der Waals surface area contributed by atoms with Crippen molar-refractivity contribution in [2.75, 3.05) is 6.61 Å². The minimum absolute atomic E-state index is 0.182. The molecule has 2 aromatic rings. The van der Waals surface area contributed by atoms with Crippen LogP contribution in [0.1, 0.15) is 18.1 Å². The smallest absolute Gasteiger partial charge is 0.326 e. The first-order valence-electron chi connectivity index (χ1n) is 8.14. The molecule has 0 unspecified atom stereocenters. The highest BCUT2D eigenvalue weighted by atomic mass is 127. The summed E-state index contributed by atoms with van der Waals surface area (Å²) < 4.78 is 13.5. The molecule has 3 amide bonds. The third-order valence-electron chi connectivity index (χ3n) is 3.66. The van der Waals surface area contributed by atoms with Crippen molar-refractivity contribution in [1.29, 1.82) is 0 Å². The van der Waals surface area contributed by atoms with Gasteiger partial charge in [0.1, 0.15) is 12.3 Å². The molecule has 0 aliphatic carbocycles. The van der Waals surface area contributed by atoms with Gasteiger partial charge in [-0.3, -0.25) is 10.1 Å². The highest BCUT2D eigenvalue weighted by molar-refractivity contribution is 14.1. The number of hydrogen-bond acceptors (Lipinski definition) is 4. The quantitative estimate of drug-likeness (QED) is 0.326. The van der Waals surface area contributed by atoms with Crippen LogP contribution in [0.2, 0.25) is 0 Å². The monoisotopic (exact) mass is 542 g/mol. The van der Waals surface area contributed by atoms with Crippen LogP contribution in [-0.4, -0.2) is 18.5 Å². The lowest BCUT2D eigenvalue weighted by atomic mass is 10.1. The van der Waals surface area contributed by atoms with Crippen LogP contribution in [0.4, 0.5) is 4.79 Å². The average molecular weight is 543 g/mol. The molecule has 6 nitrogen and oxygen atoms in total. The predicted molar refractivity (Wildman–Crippen MR) is 113 cm³/mol. The maximum atomic E-state index is 11.7. The molecule has 3 rings (SSSR count). The van der Waals surface area contributed by atoms with E-state index in [9.17, 15) is 9.59 Å². The molecule has 0 aromatic heterocycles. The molecule has 27 heavy (non-hydrogen) atoms. The number of hydrogen-bond donors (Lipinski definition) is 2. The summed E-state index contributed by atoms with van der Waals surface area (Å²) in [7, 11) is 0. The van der Waals surface area contributed by atoms with Crippen molar-refractivity contribution in [3.63, 3.8) is 0 Å². The fraction of sp³-hybridized carbons (Fsp3) is 0.158. The Hall–Kier alpha value is -2.07. The molecule has 140 valence electrons. The molecule has 1 saturated heterocycles. The fourth-order valence-electron chi connectivity index (χ4n) is 2.46. The number of carbonyl (C=O) groups is 2. The minimum Gasteiger partial charge on any atom is -0.490 e. The van der Waals surface area contributed by atoms with Crippen LogP contribution in [0.3, 0.4) is 0 Å². The molecule has 1 heterocycles. The third-order valence-corrected chi connectivity index (χ3v) is 4.97. The standard InChI is InChI=1S/C19H16BrIN2O4/c1-2-26-16-9-12(8-15-18(24)23-19(25)22-15)7-14(20)17(16)27-10-11-3-5-13(21)6-4-11/h3-9H,2,10H2,1H3,(H2,22,23,24,25)/b15-8+. The van der Waals surface area contributed by atoms with E-state index >= 15 is 0 Å². The highest BCUT2D eigenvalue weighted by Gasteiger charge is 2.23. The van der Waals surface area contributed by atoms with Crippen LogP contribution in [0, 0.1) is 3.57 Å². The minimum atomic E-state index is -0.534. The van der Waals surface area contributed by atoms with Gasteiger partial charge in [-0.2, -0.15) is 0 Å². The molecule has 0 spiro atoms. The molecule has 0 bridgehead atoms. The van der Waals surface area contributed by atoms with Crippen LogP contribution in [0.15, 0.2) is 46.6 Å². The third kappa shape index (κ3) is 5.01. The number of nitrogens with one attached hydrogen (secondary N) is 2. The van der Waals surface area contributed by atoms with Crippen LogP contribution in [0.25, 0.3) is 6.08 Å². The summed E-state index contributed by atoms with van der Waals surface area (Å²) in [4.78, 5) is 23.0. The number of halogens is 2. The normalized spacial score (nSPS) is 14.9. The number of imide groups is 1. The SMILES string of the molecule is CCOc1cc(/C=C2/NC(=O)NC2=O)cc(Br)c1OCc1ccc(I)cc1. The Morgan fingerprint density at radius 1 is 1.11 bits per heavy atom. The number of benzene rings is 2. The second-order valence-corrected chi connectivity index (χ2v) is 7.74. The van der Waals surface area contributed by atoms with E-state index in [-0.39, 0.29) is 5.70 Å². The lowest BCUT2D eigenvalue weighted by Gasteiger charge is -2.15. The molecular weight excluding hydrogens is 527 g/mol. The van der Waals surface area contributed by atoms with Crippen LogP contribution in [-0.2, 0) is 11.4 Å². The molecule has 8 heteroatoms. The van der Waals surface area contributed by atoms with Crippen molar-refractivity contribution in [2.24, 2.45) is 0 Å². The van der Waals surface area contributed by atoms with E-state index in [1.807, 2.05) is 31.2 Å². The van der Waals surface area contributed by atoms with Crippen molar-refractivity contribution in [2.45, 2.75) is 13.5 Å². The van der Waals surface area contributed by atoms with E-state index in [1.54, 1.807) is 18.2 Å². The molecule has 1 aliphatic heterocycles. The predicted octanol–water partition coefficient (Wildman–Crippen LogP) is 4.21. The Bertz CT molecular complexity index is 913. The lowest BCUT2D eigenvalue weighted by Crippen LogP contribution is -2.22. The molecule has 0 saturated carbocycles. The Kier molecular flexibility index (Phi) is 6.38. The summed E-state index contributed by atoms with van der Waals surface area (Å²) in [5.41, 5.74) is 1.92. The Morgan fingerprint density at radius 3 is 2.48 bits per heavy atom. The summed E-state index contributed by atoms with van der Waals surface area (Å²) >= 11 is 5.76. The summed E-state index contributed by atoms with van der Waals surface area (Å²) in [6.07, 6.45) is 1.58. The van der Waals surface area contributed by atoms with Gasteiger partial charge in [-0.1, -0.05) is 12.1 Å². The maximum absolute atomic E-state index is 11.7.